The molecule has 2 unspecified atom stereocenters. The zero-order chi connectivity index (χ0) is 15.3. The smallest absolute Gasteiger partial charge is 0.141 e. The van der Waals surface area contributed by atoms with Gasteiger partial charge in [-0.15, -0.1) is 11.3 Å². The first-order chi connectivity index (χ1) is 10.6. The van der Waals surface area contributed by atoms with Crippen LogP contribution in [0.5, 0.6) is 0 Å². The third-order valence-electron chi connectivity index (χ3n) is 4.72. The number of aryl methyl sites for hydroxylation is 3. The number of rotatable bonds is 1. The Kier molecular flexibility index (Phi) is 3.55. The quantitative estimate of drug-likeness (QED) is 0.808. The molecule has 4 rings (SSSR count). The van der Waals surface area contributed by atoms with Gasteiger partial charge in [0.2, 0.25) is 0 Å². The minimum Gasteiger partial charge on any atom is -0.379 e. The van der Waals surface area contributed by atoms with E-state index in [-0.39, 0.29) is 12.1 Å². The maximum Gasteiger partial charge on any atom is 0.141 e. The van der Waals surface area contributed by atoms with Crippen LogP contribution in [-0.2, 0) is 9.47 Å². The molecule has 2 aromatic rings. The highest BCUT2D eigenvalue weighted by Gasteiger charge is 2.36. The Morgan fingerprint density at radius 2 is 2.05 bits per heavy atom. The van der Waals surface area contributed by atoms with Gasteiger partial charge < -0.3 is 14.4 Å². The Hall–Kier alpha value is -1.24. The molecule has 0 aliphatic carbocycles. The molecule has 0 spiro atoms. The summed E-state index contributed by atoms with van der Waals surface area (Å²) in [5, 5.41) is 1.21. The van der Waals surface area contributed by atoms with E-state index in [4.69, 9.17) is 14.5 Å². The monoisotopic (exact) mass is 319 g/mol. The molecule has 2 aromatic heterocycles. The normalized spacial score (nSPS) is 25.5. The van der Waals surface area contributed by atoms with Crippen LogP contribution in [0.15, 0.2) is 0 Å². The zero-order valence-corrected chi connectivity index (χ0v) is 14.1. The fourth-order valence-electron chi connectivity index (χ4n) is 3.46. The summed E-state index contributed by atoms with van der Waals surface area (Å²) in [5.74, 6) is 1.90. The molecule has 0 N–H and O–H groups in total. The Morgan fingerprint density at radius 3 is 2.91 bits per heavy atom. The van der Waals surface area contributed by atoms with Crippen LogP contribution in [0.1, 0.15) is 22.7 Å². The van der Waals surface area contributed by atoms with Crippen molar-refractivity contribution < 1.29 is 9.47 Å². The second kappa shape index (κ2) is 5.44. The minimum atomic E-state index is 0.257. The fraction of sp³-hybridized carbons (Fsp3) is 0.625. The molecule has 0 radical (unpaired) electrons. The van der Waals surface area contributed by atoms with Gasteiger partial charge in [-0.25, -0.2) is 9.97 Å². The standard InChI is InChI=1S/C16H21N3O2S/c1-9-10(2)22-16-14(9)15(17-11(3)18-16)19-5-7-21-13-4-6-20-8-12(13)19/h12-13H,4-8H2,1-3H3. The third-order valence-corrected chi connectivity index (χ3v) is 5.82. The number of hydrogen-bond acceptors (Lipinski definition) is 6. The average molecular weight is 319 g/mol. The Morgan fingerprint density at radius 1 is 1.18 bits per heavy atom. The van der Waals surface area contributed by atoms with Crippen LogP contribution in [-0.4, -0.2) is 48.5 Å². The first kappa shape index (κ1) is 14.4. The summed E-state index contributed by atoms with van der Waals surface area (Å²) in [6.45, 7) is 9.44. The Bertz CT molecular complexity index is 713. The van der Waals surface area contributed by atoms with E-state index in [9.17, 15) is 0 Å². The largest absolute Gasteiger partial charge is 0.379 e. The summed E-state index contributed by atoms with van der Waals surface area (Å²) in [5.41, 5.74) is 1.30. The molecule has 2 atom stereocenters. The lowest BCUT2D eigenvalue weighted by Crippen LogP contribution is -2.56. The number of morpholine rings is 1. The summed E-state index contributed by atoms with van der Waals surface area (Å²) >= 11 is 1.76. The van der Waals surface area contributed by atoms with Gasteiger partial charge in [0.15, 0.2) is 0 Å². The van der Waals surface area contributed by atoms with Crippen molar-refractivity contribution in [1.29, 1.82) is 0 Å². The topological polar surface area (TPSA) is 47.5 Å². The van der Waals surface area contributed by atoms with Crippen molar-refractivity contribution in [3.63, 3.8) is 0 Å². The van der Waals surface area contributed by atoms with Crippen LogP contribution in [0.3, 0.4) is 0 Å². The van der Waals surface area contributed by atoms with Crippen LogP contribution >= 0.6 is 11.3 Å². The molecule has 2 saturated heterocycles. The molecule has 2 fully saturated rings. The summed E-state index contributed by atoms with van der Waals surface area (Å²) in [6.07, 6.45) is 1.23. The van der Waals surface area contributed by atoms with E-state index in [2.05, 4.69) is 23.7 Å². The summed E-state index contributed by atoms with van der Waals surface area (Å²) in [4.78, 5) is 14.2. The highest BCUT2D eigenvalue weighted by atomic mass is 32.1. The summed E-state index contributed by atoms with van der Waals surface area (Å²) < 4.78 is 11.7. The SMILES string of the molecule is Cc1nc(N2CCOC3CCOCC32)c2c(C)c(C)sc2n1. The Balaban J connectivity index is 1.85. The maximum absolute atomic E-state index is 5.95. The highest BCUT2D eigenvalue weighted by Crippen LogP contribution is 2.37. The van der Waals surface area contributed by atoms with Gasteiger partial charge in [-0.3, -0.25) is 0 Å². The second-order valence-electron chi connectivity index (χ2n) is 6.09. The molecule has 0 amide bonds. The predicted molar refractivity (Wildman–Crippen MR) is 87.9 cm³/mol. The molecule has 2 aliphatic rings. The van der Waals surface area contributed by atoms with Gasteiger partial charge in [0, 0.05) is 18.0 Å². The highest BCUT2D eigenvalue weighted by molar-refractivity contribution is 7.18. The molecule has 4 heterocycles. The molecule has 0 saturated carbocycles. The van der Waals surface area contributed by atoms with Crippen molar-refractivity contribution in [3.8, 4) is 0 Å². The summed E-state index contributed by atoms with van der Waals surface area (Å²) in [7, 11) is 0. The molecule has 6 heteroatoms. The van der Waals surface area contributed by atoms with E-state index in [0.717, 1.165) is 49.3 Å². The van der Waals surface area contributed by atoms with Crippen molar-refractivity contribution in [2.45, 2.75) is 39.3 Å². The first-order valence-corrected chi connectivity index (χ1v) is 8.67. The number of fused-ring (bicyclic) bond motifs is 2. The molecule has 0 bridgehead atoms. The minimum absolute atomic E-state index is 0.257. The van der Waals surface area contributed by atoms with Crippen LogP contribution < -0.4 is 4.90 Å². The lowest BCUT2D eigenvalue weighted by atomic mass is 10.0. The zero-order valence-electron chi connectivity index (χ0n) is 13.3. The van der Waals surface area contributed by atoms with Gasteiger partial charge in [0.05, 0.1) is 30.7 Å². The Labute approximate surface area is 134 Å². The lowest BCUT2D eigenvalue weighted by Gasteiger charge is -2.44. The number of hydrogen-bond donors (Lipinski definition) is 0. The van der Waals surface area contributed by atoms with Gasteiger partial charge in [-0.1, -0.05) is 0 Å². The fourth-order valence-corrected chi connectivity index (χ4v) is 4.53. The van der Waals surface area contributed by atoms with Crippen molar-refractivity contribution >= 4 is 27.4 Å². The predicted octanol–water partition coefficient (Wildman–Crippen LogP) is 2.61. The van der Waals surface area contributed by atoms with Crippen molar-refractivity contribution in [2.75, 3.05) is 31.3 Å². The first-order valence-electron chi connectivity index (χ1n) is 7.85. The van der Waals surface area contributed by atoms with Crippen molar-refractivity contribution in [2.24, 2.45) is 0 Å². The van der Waals surface area contributed by atoms with Crippen LogP contribution in [0, 0.1) is 20.8 Å². The van der Waals surface area contributed by atoms with Gasteiger partial charge in [-0.05, 0) is 32.8 Å². The van der Waals surface area contributed by atoms with Crippen LogP contribution in [0.25, 0.3) is 10.2 Å². The van der Waals surface area contributed by atoms with E-state index >= 15 is 0 Å². The third kappa shape index (κ3) is 2.21. The molecule has 22 heavy (non-hydrogen) atoms. The number of nitrogens with zero attached hydrogens (tertiary/aromatic N) is 3. The van der Waals surface area contributed by atoms with Gasteiger partial charge >= 0.3 is 0 Å². The molecule has 0 aromatic carbocycles. The number of anilines is 1. The lowest BCUT2D eigenvalue weighted by molar-refractivity contribution is -0.0654. The number of aromatic nitrogens is 2. The van der Waals surface area contributed by atoms with E-state index in [1.54, 1.807) is 11.3 Å². The number of ether oxygens (including phenoxy) is 2. The molecule has 2 aliphatic heterocycles. The van der Waals surface area contributed by atoms with Gasteiger partial charge in [-0.2, -0.15) is 0 Å². The van der Waals surface area contributed by atoms with E-state index in [0.29, 0.717) is 0 Å². The molecular formula is C16H21N3O2S. The molecule has 118 valence electrons. The maximum atomic E-state index is 5.95. The van der Waals surface area contributed by atoms with Crippen LogP contribution in [0.4, 0.5) is 5.82 Å². The van der Waals surface area contributed by atoms with Crippen molar-refractivity contribution in [1.82, 2.24) is 9.97 Å². The average Bonchev–Trinajstić information content (AvgIpc) is 2.80. The van der Waals surface area contributed by atoms with Crippen molar-refractivity contribution in [3.05, 3.63) is 16.3 Å². The number of thiophene rings is 1. The van der Waals surface area contributed by atoms with Gasteiger partial charge in [0.25, 0.3) is 0 Å². The molecule has 5 nitrogen and oxygen atoms in total. The summed E-state index contributed by atoms with van der Waals surface area (Å²) in [6, 6.07) is 0.264. The van der Waals surface area contributed by atoms with Gasteiger partial charge in [0.1, 0.15) is 16.5 Å². The van der Waals surface area contributed by atoms with E-state index in [1.165, 1.54) is 15.8 Å². The van der Waals surface area contributed by atoms with E-state index in [1.807, 2.05) is 6.92 Å². The molecular weight excluding hydrogens is 298 g/mol. The second-order valence-corrected chi connectivity index (χ2v) is 7.29. The van der Waals surface area contributed by atoms with E-state index < -0.39 is 0 Å². The van der Waals surface area contributed by atoms with Crippen LogP contribution in [0.2, 0.25) is 0 Å².